The van der Waals surface area contributed by atoms with Gasteiger partial charge in [-0.15, -0.1) is 0 Å². The lowest BCUT2D eigenvalue weighted by Crippen LogP contribution is -2.47. The molecule has 0 saturated carbocycles. The molecule has 1 heterocycles. The number of aliphatic hydroxyl groups is 1. The van der Waals surface area contributed by atoms with Crippen molar-refractivity contribution in [1.82, 2.24) is 5.32 Å². The number of amides is 1. The van der Waals surface area contributed by atoms with Crippen molar-refractivity contribution in [1.29, 1.82) is 5.26 Å². The number of hydrogen-bond acceptors (Lipinski definition) is 4. The Kier molecular flexibility index (Phi) is 4.15. The Hall–Kier alpha value is -1.90. The van der Waals surface area contributed by atoms with E-state index in [1.165, 1.54) is 0 Å². The molecule has 19 heavy (non-hydrogen) atoms. The first-order valence-corrected chi connectivity index (χ1v) is 6.34. The maximum absolute atomic E-state index is 12.3. The van der Waals surface area contributed by atoms with Crippen LogP contribution in [0.15, 0.2) is 24.3 Å². The summed E-state index contributed by atoms with van der Waals surface area (Å²) in [7, 11) is 0. The summed E-state index contributed by atoms with van der Waals surface area (Å²) in [6.45, 7) is 2.39. The highest BCUT2D eigenvalue weighted by atomic mass is 16.3. The molecule has 100 valence electrons. The molecule has 1 aliphatic heterocycles. The molecule has 0 radical (unpaired) electrons. The molecule has 1 aromatic rings. The van der Waals surface area contributed by atoms with Crippen molar-refractivity contribution < 1.29 is 9.90 Å². The molecular weight excluding hydrogens is 242 g/mol. The lowest BCUT2D eigenvalue weighted by atomic mass is 10.2. The average Bonchev–Trinajstić information content (AvgIpc) is 2.58. The Morgan fingerprint density at radius 3 is 2.74 bits per heavy atom. The number of nitrogens with zero attached hydrogens (tertiary/aromatic N) is 2. The molecule has 1 aliphatic rings. The summed E-state index contributed by atoms with van der Waals surface area (Å²) in [6, 6.07) is 8.59. The summed E-state index contributed by atoms with van der Waals surface area (Å²) < 4.78 is 0. The SMILES string of the molecule is CC1CCN(c2ccc(C#N)cc2)C(=O)C(CO)N1. The van der Waals surface area contributed by atoms with E-state index in [2.05, 4.69) is 11.4 Å². The Labute approximate surface area is 112 Å². The predicted octanol–water partition coefficient (Wildman–Crippen LogP) is 0.634. The van der Waals surface area contributed by atoms with E-state index in [1.807, 2.05) is 6.92 Å². The van der Waals surface area contributed by atoms with Gasteiger partial charge in [-0.05, 0) is 37.6 Å². The van der Waals surface area contributed by atoms with Crippen LogP contribution in [0.25, 0.3) is 0 Å². The number of carbonyl (C=O) groups excluding carboxylic acids is 1. The third-order valence-corrected chi connectivity index (χ3v) is 3.33. The maximum Gasteiger partial charge on any atom is 0.246 e. The second-order valence-electron chi connectivity index (χ2n) is 4.74. The van der Waals surface area contributed by atoms with Gasteiger partial charge in [-0.25, -0.2) is 0 Å². The zero-order chi connectivity index (χ0) is 13.8. The fraction of sp³-hybridized carbons (Fsp3) is 0.429. The van der Waals surface area contributed by atoms with Gasteiger partial charge in [0.05, 0.1) is 18.2 Å². The maximum atomic E-state index is 12.3. The van der Waals surface area contributed by atoms with Crippen LogP contribution in [0.3, 0.4) is 0 Å². The van der Waals surface area contributed by atoms with E-state index in [-0.39, 0.29) is 18.6 Å². The van der Waals surface area contributed by atoms with Crippen LogP contribution < -0.4 is 10.2 Å². The van der Waals surface area contributed by atoms with Gasteiger partial charge < -0.3 is 15.3 Å². The highest BCUT2D eigenvalue weighted by Gasteiger charge is 2.29. The second kappa shape index (κ2) is 5.83. The van der Waals surface area contributed by atoms with E-state index in [0.29, 0.717) is 12.1 Å². The fourth-order valence-electron chi connectivity index (χ4n) is 2.22. The van der Waals surface area contributed by atoms with Crippen LogP contribution in [0.2, 0.25) is 0 Å². The monoisotopic (exact) mass is 259 g/mol. The minimum atomic E-state index is -0.562. The quantitative estimate of drug-likeness (QED) is 0.817. The summed E-state index contributed by atoms with van der Waals surface area (Å²) >= 11 is 0. The number of carbonyl (C=O) groups is 1. The van der Waals surface area contributed by atoms with Crippen molar-refractivity contribution in [3.8, 4) is 6.07 Å². The zero-order valence-corrected chi connectivity index (χ0v) is 10.8. The van der Waals surface area contributed by atoms with Crippen LogP contribution in [0, 0.1) is 11.3 Å². The largest absolute Gasteiger partial charge is 0.394 e. The fourth-order valence-corrected chi connectivity index (χ4v) is 2.22. The van der Waals surface area contributed by atoms with E-state index in [9.17, 15) is 9.90 Å². The third-order valence-electron chi connectivity index (χ3n) is 3.33. The predicted molar refractivity (Wildman–Crippen MR) is 71.6 cm³/mol. The number of benzene rings is 1. The van der Waals surface area contributed by atoms with Gasteiger partial charge in [0.15, 0.2) is 0 Å². The number of aliphatic hydroxyl groups excluding tert-OH is 1. The molecule has 1 amide bonds. The van der Waals surface area contributed by atoms with E-state index in [1.54, 1.807) is 29.2 Å². The van der Waals surface area contributed by atoms with E-state index >= 15 is 0 Å². The molecule has 1 fully saturated rings. The van der Waals surface area contributed by atoms with E-state index < -0.39 is 6.04 Å². The zero-order valence-electron chi connectivity index (χ0n) is 10.8. The van der Waals surface area contributed by atoms with Crippen LogP contribution in [-0.4, -0.2) is 36.2 Å². The molecule has 5 heteroatoms. The van der Waals surface area contributed by atoms with Crippen molar-refractivity contribution >= 4 is 11.6 Å². The Bertz CT molecular complexity index is 492. The molecule has 0 aliphatic carbocycles. The van der Waals surface area contributed by atoms with Gasteiger partial charge in [-0.3, -0.25) is 4.79 Å². The van der Waals surface area contributed by atoms with Crippen molar-refractivity contribution in [3.05, 3.63) is 29.8 Å². The molecule has 1 saturated heterocycles. The van der Waals surface area contributed by atoms with Crippen molar-refractivity contribution in [2.45, 2.75) is 25.4 Å². The minimum Gasteiger partial charge on any atom is -0.394 e. The molecule has 2 N–H and O–H groups in total. The van der Waals surface area contributed by atoms with Gasteiger partial charge in [0.2, 0.25) is 5.91 Å². The molecule has 0 spiro atoms. The smallest absolute Gasteiger partial charge is 0.246 e. The summed E-state index contributed by atoms with van der Waals surface area (Å²) in [6.07, 6.45) is 0.822. The number of hydrogen-bond donors (Lipinski definition) is 2. The van der Waals surface area contributed by atoms with Gasteiger partial charge in [0.25, 0.3) is 0 Å². The normalized spacial score (nSPS) is 23.8. The molecule has 2 unspecified atom stereocenters. The molecule has 2 atom stereocenters. The first-order valence-electron chi connectivity index (χ1n) is 6.34. The molecule has 5 nitrogen and oxygen atoms in total. The molecule has 0 aromatic heterocycles. The second-order valence-corrected chi connectivity index (χ2v) is 4.74. The molecule has 1 aromatic carbocycles. The topological polar surface area (TPSA) is 76.4 Å². The highest BCUT2D eigenvalue weighted by Crippen LogP contribution is 2.19. The number of anilines is 1. The lowest BCUT2D eigenvalue weighted by molar-refractivity contribution is -0.121. The van der Waals surface area contributed by atoms with Gasteiger partial charge in [-0.2, -0.15) is 5.26 Å². The van der Waals surface area contributed by atoms with Gasteiger partial charge >= 0.3 is 0 Å². The van der Waals surface area contributed by atoms with E-state index in [0.717, 1.165) is 12.1 Å². The van der Waals surface area contributed by atoms with Gasteiger partial charge in [0, 0.05) is 18.3 Å². The van der Waals surface area contributed by atoms with Gasteiger partial charge in [0.1, 0.15) is 6.04 Å². The standard InChI is InChI=1S/C14H17N3O2/c1-10-6-7-17(14(19)13(9-18)16-10)12-4-2-11(8-15)3-5-12/h2-5,10,13,16,18H,6-7,9H2,1H3. The molecular formula is C14H17N3O2. The Morgan fingerprint density at radius 1 is 1.47 bits per heavy atom. The Balaban J connectivity index is 2.25. The number of nitriles is 1. The van der Waals surface area contributed by atoms with E-state index in [4.69, 9.17) is 5.26 Å². The first kappa shape index (κ1) is 13.5. The van der Waals surface area contributed by atoms with Gasteiger partial charge in [-0.1, -0.05) is 0 Å². The summed E-state index contributed by atoms with van der Waals surface area (Å²) in [5.74, 6) is -0.128. The minimum absolute atomic E-state index is 0.128. The van der Waals surface area contributed by atoms with Crippen molar-refractivity contribution in [2.24, 2.45) is 0 Å². The molecule has 2 rings (SSSR count). The van der Waals surface area contributed by atoms with Crippen LogP contribution in [0.1, 0.15) is 18.9 Å². The summed E-state index contributed by atoms with van der Waals surface area (Å²) in [4.78, 5) is 14.0. The highest BCUT2D eigenvalue weighted by molar-refractivity contribution is 5.97. The van der Waals surface area contributed by atoms with Crippen LogP contribution >= 0.6 is 0 Å². The number of rotatable bonds is 2. The summed E-state index contributed by atoms with van der Waals surface area (Å²) in [5.41, 5.74) is 1.33. The van der Waals surface area contributed by atoms with Crippen LogP contribution in [-0.2, 0) is 4.79 Å². The molecule has 0 bridgehead atoms. The lowest BCUT2D eigenvalue weighted by Gasteiger charge is -2.23. The first-order chi connectivity index (χ1) is 9.15. The van der Waals surface area contributed by atoms with Crippen LogP contribution in [0.4, 0.5) is 5.69 Å². The summed E-state index contributed by atoms with van der Waals surface area (Å²) in [5, 5.41) is 21.2. The average molecular weight is 259 g/mol. The number of nitrogens with one attached hydrogen (secondary N) is 1. The third kappa shape index (κ3) is 2.92. The van der Waals surface area contributed by atoms with Crippen molar-refractivity contribution in [2.75, 3.05) is 18.1 Å². The van der Waals surface area contributed by atoms with Crippen molar-refractivity contribution in [3.63, 3.8) is 0 Å². The van der Waals surface area contributed by atoms with Crippen LogP contribution in [0.5, 0.6) is 0 Å². The Morgan fingerprint density at radius 2 is 2.16 bits per heavy atom.